The number of amides is 1. The van der Waals surface area contributed by atoms with Crippen LogP contribution in [-0.2, 0) is 24.2 Å². The van der Waals surface area contributed by atoms with E-state index < -0.39 is 0 Å². The fourth-order valence-electron chi connectivity index (χ4n) is 3.40. The molecule has 0 atom stereocenters. The van der Waals surface area contributed by atoms with Gasteiger partial charge in [-0.2, -0.15) is 0 Å². The predicted octanol–water partition coefficient (Wildman–Crippen LogP) is 3.91. The Labute approximate surface area is 166 Å². The molecule has 0 bridgehead atoms. The molecular formula is C20H21N3O2S2. The minimum absolute atomic E-state index is 0.0119. The highest BCUT2D eigenvalue weighted by atomic mass is 32.2. The van der Waals surface area contributed by atoms with Gasteiger partial charge in [-0.3, -0.25) is 4.79 Å². The fraction of sp³-hybridized carbons (Fsp3) is 0.350. The molecule has 0 saturated carbocycles. The van der Waals surface area contributed by atoms with Crippen molar-refractivity contribution in [2.24, 2.45) is 0 Å². The summed E-state index contributed by atoms with van der Waals surface area (Å²) in [5.41, 5.74) is 2.36. The zero-order valence-electron chi connectivity index (χ0n) is 15.4. The molecule has 2 aromatic heterocycles. The van der Waals surface area contributed by atoms with Gasteiger partial charge in [0, 0.05) is 22.4 Å². The number of para-hydroxylation sites is 1. The second-order valence-electron chi connectivity index (χ2n) is 6.49. The Kier molecular flexibility index (Phi) is 5.31. The van der Waals surface area contributed by atoms with E-state index >= 15 is 0 Å². The Morgan fingerprint density at radius 2 is 2.15 bits per heavy atom. The Balaban J connectivity index is 1.45. The summed E-state index contributed by atoms with van der Waals surface area (Å²) in [6, 6.07) is 7.71. The van der Waals surface area contributed by atoms with Crippen molar-refractivity contribution in [2.45, 2.75) is 37.8 Å². The van der Waals surface area contributed by atoms with Gasteiger partial charge in [-0.25, -0.2) is 9.97 Å². The summed E-state index contributed by atoms with van der Waals surface area (Å²) in [6.45, 7) is 2.37. The topological polar surface area (TPSA) is 64.1 Å². The van der Waals surface area contributed by atoms with Crippen LogP contribution in [0.4, 0.5) is 0 Å². The van der Waals surface area contributed by atoms with Crippen molar-refractivity contribution < 1.29 is 9.53 Å². The molecule has 27 heavy (non-hydrogen) atoms. The lowest BCUT2D eigenvalue weighted by Crippen LogP contribution is -2.24. The van der Waals surface area contributed by atoms with Crippen molar-refractivity contribution in [2.75, 3.05) is 12.9 Å². The lowest BCUT2D eigenvalue weighted by Gasteiger charge is -2.10. The van der Waals surface area contributed by atoms with Crippen molar-refractivity contribution in [3.8, 4) is 5.75 Å². The third-order valence-corrected chi connectivity index (χ3v) is 6.81. The number of benzene rings is 1. The number of fused-ring (bicyclic) bond motifs is 3. The first-order valence-electron chi connectivity index (χ1n) is 8.96. The van der Waals surface area contributed by atoms with Crippen molar-refractivity contribution in [3.05, 3.63) is 46.1 Å². The zero-order valence-corrected chi connectivity index (χ0v) is 17.0. The lowest BCUT2D eigenvalue weighted by atomic mass is 10.2. The highest BCUT2D eigenvalue weighted by Gasteiger charge is 2.22. The van der Waals surface area contributed by atoms with Crippen LogP contribution < -0.4 is 10.1 Å². The first-order valence-corrected chi connectivity index (χ1v) is 10.8. The van der Waals surface area contributed by atoms with E-state index in [1.165, 1.54) is 34.0 Å². The SMILES string of the molecule is COc1ccccc1CNC(=O)CSc1nc(C)nc2sc3c(c12)CCC3. The van der Waals surface area contributed by atoms with Gasteiger partial charge in [0.1, 0.15) is 21.4 Å². The third kappa shape index (κ3) is 3.80. The van der Waals surface area contributed by atoms with Crippen LogP contribution >= 0.6 is 23.1 Å². The maximum absolute atomic E-state index is 12.4. The Morgan fingerprint density at radius 1 is 1.30 bits per heavy atom. The Bertz CT molecular complexity index is 1000. The maximum Gasteiger partial charge on any atom is 0.230 e. The van der Waals surface area contributed by atoms with Crippen LogP contribution in [0.2, 0.25) is 0 Å². The van der Waals surface area contributed by atoms with E-state index in [0.717, 1.165) is 39.8 Å². The molecule has 0 fully saturated rings. The van der Waals surface area contributed by atoms with Crippen molar-refractivity contribution in [3.63, 3.8) is 0 Å². The molecule has 1 amide bonds. The van der Waals surface area contributed by atoms with E-state index in [0.29, 0.717) is 12.3 Å². The van der Waals surface area contributed by atoms with Gasteiger partial charge in [-0.1, -0.05) is 30.0 Å². The standard InChI is InChI=1S/C20H21N3O2S2/c1-12-22-19(18-14-7-5-9-16(14)27-20(18)23-12)26-11-17(24)21-10-13-6-3-4-8-15(13)25-2/h3-4,6,8H,5,7,9-11H2,1-2H3,(H,21,24). The highest BCUT2D eigenvalue weighted by Crippen LogP contribution is 2.40. The van der Waals surface area contributed by atoms with E-state index in [4.69, 9.17) is 4.74 Å². The smallest absolute Gasteiger partial charge is 0.230 e. The molecule has 0 spiro atoms. The third-order valence-electron chi connectivity index (χ3n) is 4.65. The number of aryl methyl sites for hydroxylation is 3. The fourth-order valence-corrected chi connectivity index (χ4v) is 5.70. The first-order chi connectivity index (χ1) is 13.2. The summed E-state index contributed by atoms with van der Waals surface area (Å²) in [5.74, 6) is 1.87. The molecule has 140 valence electrons. The molecule has 1 aromatic carbocycles. The van der Waals surface area contributed by atoms with E-state index in [1.54, 1.807) is 18.4 Å². The molecule has 3 aromatic rings. The molecule has 0 unspecified atom stereocenters. The van der Waals surface area contributed by atoms with Crippen LogP contribution in [0.15, 0.2) is 29.3 Å². The Morgan fingerprint density at radius 3 is 3.00 bits per heavy atom. The predicted molar refractivity (Wildman–Crippen MR) is 110 cm³/mol. The van der Waals surface area contributed by atoms with E-state index in [-0.39, 0.29) is 5.91 Å². The highest BCUT2D eigenvalue weighted by molar-refractivity contribution is 8.00. The number of carbonyl (C=O) groups is 1. The number of thioether (sulfide) groups is 1. The van der Waals surface area contributed by atoms with Crippen LogP contribution in [-0.4, -0.2) is 28.7 Å². The number of thiophene rings is 1. The molecule has 0 saturated heterocycles. The second kappa shape index (κ2) is 7.86. The van der Waals surface area contributed by atoms with Crippen LogP contribution in [0, 0.1) is 6.92 Å². The number of aromatic nitrogens is 2. The normalized spacial score (nSPS) is 13.0. The summed E-state index contributed by atoms with van der Waals surface area (Å²) in [4.78, 5) is 24.1. The molecule has 5 nitrogen and oxygen atoms in total. The number of methoxy groups -OCH3 is 1. The second-order valence-corrected chi connectivity index (χ2v) is 8.54. The molecule has 2 heterocycles. The van der Waals surface area contributed by atoms with Gasteiger partial charge in [0.05, 0.1) is 12.9 Å². The maximum atomic E-state index is 12.4. The van der Waals surface area contributed by atoms with E-state index in [2.05, 4.69) is 15.3 Å². The first kappa shape index (κ1) is 18.3. The van der Waals surface area contributed by atoms with Gasteiger partial charge in [0.25, 0.3) is 0 Å². The molecule has 0 radical (unpaired) electrons. The average Bonchev–Trinajstić information content (AvgIpc) is 3.25. The number of ether oxygens (including phenoxy) is 1. The summed E-state index contributed by atoms with van der Waals surface area (Å²) in [5, 5.41) is 5.07. The average molecular weight is 400 g/mol. The number of rotatable bonds is 6. The number of nitrogens with zero attached hydrogens (tertiary/aromatic N) is 2. The molecule has 0 aliphatic heterocycles. The minimum Gasteiger partial charge on any atom is -0.496 e. The monoisotopic (exact) mass is 399 g/mol. The molecule has 1 aliphatic carbocycles. The van der Waals surface area contributed by atoms with Crippen LogP contribution in [0.3, 0.4) is 0 Å². The molecular weight excluding hydrogens is 378 g/mol. The van der Waals surface area contributed by atoms with Crippen LogP contribution in [0.25, 0.3) is 10.2 Å². The van der Waals surface area contributed by atoms with Crippen molar-refractivity contribution in [1.29, 1.82) is 0 Å². The van der Waals surface area contributed by atoms with Crippen LogP contribution in [0.1, 0.15) is 28.2 Å². The largest absolute Gasteiger partial charge is 0.496 e. The summed E-state index contributed by atoms with van der Waals surface area (Å²) < 4.78 is 5.33. The minimum atomic E-state index is -0.0119. The van der Waals surface area contributed by atoms with Crippen LogP contribution in [0.5, 0.6) is 5.75 Å². The molecule has 4 rings (SSSR count). The van der Waals surface area contributed by atoms with Crippen molar-refractivity contribution in [1.82, 2.24) is 15.3 Å². The number of nitrogens with one attached hydrogen (secondary N) is 1. The van der Waals surface area contributed by atoms with E-state index in [9.17, 15) is 4.79 Å². The van der Waals surface area contributed by atoms with Gasteiger partial charge < -0.3 is 10.1 Å². The summed E-state index contributed by atoms with van der Waals surface area (Å²) >= 11 is 3.28. The molecule has 7 heteroatoms. The number of hydrogen-bond donors (Lipinski definition) is 1. The summed E-state index contributed by atoms with van der Waals surface area (Å²) in [7, 11) is 1.64. The van der Waals surface area contributed by atoms with Gasteiger partial charge in [-0.15, -0.1) is 11.3 Å². The zero-order chi connectivity index (χ0) is 18.8. The summed E-state index contributed by atoms with van der Waals surface area (Å²) in [6.07, 6.45) is 3.43. The van der Waals surface area contributed by atoms with E-state index in [1.807, 2.05) is 31.2 Å². The number of hydrogen-bond acceptors (Lipinski definition) is 6. The van der Waals surface area contributed by atoms with Gasteiger partial charge >= 0.3 is 0 Å². The molecule has 1 N–H and O–H groups in total. The lowest BCUT2D eigenvalue weighted by molar-refractivity contribution is -0.118. The number of carbonyl (C=O) groups excluding carboxylic acids is 1. The van der Waals surface area contributed by atoms with Crippen molar-refractivity contribution >= 4 is 39.2 Å². The van der Waals surface area contributed by atoms with Gasteiger partial charge in [0.15, 0.2) is 0 Å². The Hall–Kier alpha value is -2.12. The van der Waals surface area contributed by atoms with Gasteiger partial charge in [0.2, 0.25) is 5.91 Å². The quantitative estimate of drug-likeness (QED) is 0.503. The molecule has 1 aliphatic rings. The van der Waals surface area contributed by atoms with Gasteiger partial charge in [-0.05, 0) is 37.8 Å².